The van der Waals surface area contributed by atoms with Crippen molar-refractivity contribution in [2.75, 3.05) is 5.32 Å². The van der Waals surface area contributed by atoms with E-state index in [2.05, 4.69) is 20.4 Å². The lowest BCUT2D eigenvalue weighted by Gasteiger charge is -2.20. The second kappa shape index (κ2) is 5.02. The maximum absolute atomic E-state index is 12.4. The first-order chi connectivity index (χ1) is 10.3. The Morgan fingerprint density at radius 1 is 1.29 bits per heavy atom. The fraction of sp³-hybridized carbons (Fsp3) is 0.533. The van der Waals surface area contributed by atoms with E-state index in [4.69, 9.17) is 4.52 Å². The quantitative estimate of drug-likeness (QED) is 0.884. The molecule has 0 aliphatic heterocycles. The van der Waals surface area contributed by atoms with Crippen molar-refractivity contribution in [2.45, 2.75) is 44.9 Å². The number of rotatable bonds is 2. The van der Waals surface area contributed by atoms with Gasteiger partial charge in [0.05, 0.1) is 17.7 Å². The summed E-state index contributed by atoms with van der Waals surface area (Å²) in [6, 6.07) is 0. The number of aryl methyl sites for hydroxylation is 2. The summed E-state index contributed by atoms with van der Waals surface area (Å²) in [6.07, 6.45) is 8.30. The monoisotopic (exact) mass is 286 g/mol. The van der Waals surface area contributed by atoms with Crippen molar-refractivity contribution < 1.29 is 9.32 Å². The summed E-state index contributed by atoms with van der Waals surface area (Å²) >= 11 is 0. The number of hydrogen-bond acceptors (Lipinski definition) is 4. The predicted molar refractivity (Wildman–Crippen MR) is 75.9 cm³/mol. The molecule has 110 valence electrons. The van der Waals surface area contributed by atoms with Crippen molar-refractivity contribution in [3.8, 4) is 0 Å². The lowest BCUT2D eigenvalue weighted by molar-refractivity contribution is -0.120. The molecule has 1 amide bonds. The van der Waals surface area contributed by atoms with Crippen molar-refractivity contribution in [1.82, 2.24) is 15.1 Å². The minimum atomic E-state index is -0.0257. The van der Waals surface area contributed by atoms with E-state index in [0.717, 1.165) is 67.6 Å². The topological polar surface area (TPSA) is 83.8 Å². The molecule has 0 aromatic carbocycles. The number of hydrogen-bond donors (Lipinski definition) is 2. The van der Waals surface area contributed by atoms with Gasteiger partial charge in [-0.05, 0) is 38.5 Å². The van der Waals surface area contributed by atoms with Gasteiger partial charge >= 0.3 is 0 Å². The number of carbonyl (C=O) groups is 1. The Kier molecular flexibility index (Phi) is 3.02. The Morgan fingerprint density at radius 3 is 3.14 bits per heavy atom. The summed E-state index contributed by atoms with van der Waals surface area (Å²) in [5.74, 6) is 0.562. The third-order valence-corrected chi connectivity index (χ3v) is 4.56. The summed E-state index contributed by atoms with van der Waals surface area (Å²) in [7, 11) is 0. The van der Waals surface area contributed by atoms with Crippen LogP contribution in [0, 0.1) is 5.92 Å². The summed E-state index contributed by atoms with van der Waals surface area (Å²) in [6.45, 7) is 0. The fourth-order valence-corrected chi connectivity index (χ4v) is 3.33. The van der Waals surface area contributed by atoms with Crippen LogP contribution in [0.4, 0.5) is 5.88 Å². The van der Waals surface area contributed by atoms with E-state index in [1.165, 1.54) is 0 Å². The number of fused-ring (bicyclic) bond motifs is 2. The molecule has 1 atom stereocenters. The highest BCUT2D eigenvalue weighted by atomic mass is 16.5. The van der Waals surface area contributed by atoms with Crippen LogP contribution in [0.25, 0.3) is 0 Å². The van der Waals surface area contributed by atoms with Crippen LogP contribution >= 0.6 is 0 Å². The normalized spacial score (nSPS) is 20.7. The Labute approximate surface area is 122 Å². The highest BCUT2D eigenvalue weighted by Gasteiger charge is 2.28. The molecule has 6 heteroatoms. The number of nitrogens with zero attached hydrogens (tertiary/aromatic N) is 2. The zero-order valence-corrected chi connectivity index (χ0v) is 11.8. The van der Waals surface area contributed by atoms with Crippen LogP contribution < -0.4 is 5.32 Å². The third kappa shape index (κ3) is 2.24. The van der Waals surface area contributed by atoms with Crippen molar-refractivity contribution in [2.24, 2.45) is 5.92 Å². The van der Waals surface area contributed by atoms with Crippen molar-refractivity contribution in [3.63, 3.8) is 0 Å². The molecular weight excluding hydrogens is 268 g/mol. The van der Waals surface area contributed by atoms with Crippen molar-refractivity contribution >= 4 is 11.8 Å². The molecule has 21 heavy (non-hydrogen) atoms. The summed E-state index contributed by atoms with van der Waals surface area (Å²) in [4.78, 5) is 19.8. The van der Waals surface area contributed by atoms with E-state index in [0.29, 0.717) is 5.88 Å². The second-order valence-electron chi connectivity index (χ2n) is 5.90. The minimum absolute atomic E-state index is 0.0257. The largest absolute Gasteiger partial charge is 0.348 e. The predicted octanol–water partition coefficient (Wildman–Crippen LogP) is 2.02. The smallest absolute Gasteiger partial charge is 0.234 e. The maximum Gasteiger partial charge on any atom is 0.234 e. The zero-order chi connectivity index (χ0) is 14.2. The van der Waals surface area contributed by atoms with E-state index < -0.39 is 0 Å². The van der Waals surface area contributed by atoms with E-state index in [1.807, 2.05) is 0 Å². The fourth-order valence-electron chi connectivity index (χ4n) is 3.33. The highest BCUT2D eigenvalue weighted by molar-refractivity contribution is 5.92. The van der Waals surface area contributed by atoms with Crippen LogP contribution in [0.3, 0.4) is 0 Å². The molecule has 0 spiro atoms. The Morgan fingerprint density at radius 2 is 2.19 bits per heavy atom. The number of carbonyl (C=O) groups excluding carboxylic acids is 1. The molecule has 0 saturated carbocycles. The molecule has 2 aromatic rings. The first-order valence-electron chi connectivity index (χ1n) is 7.60. The standard InChI is InChI=1S/C15H18N4O2/c20-14(9-5-6-12-13(7-9)17-8-16-12)18-15-10-3-1-2-4-11(10)19-21-15/h8-9H,1-7H2,(H,16,17)(H,18,20)/t9-/m0/s1. The lowest BCUT2D eigenvalue weighted by atomic mass is 9.89. The molecule has 0 saturated heterocycles. The van der Waals surface area contributed by atoms with Crippen LogP contribution in [-0.2, 0) is 30.5 Å². The molecule has 0 radical (unpaired) electrons. The second-order valence-corrected chi connectivity index (χ2v) is 5.90. The Hall–Kier alpha value is -2.11. The van der Waals surface area contributed by atoms with Gasteiger partial charge in [-0.2, -0.15) is 0 Å². The van der Waals surface area contributed by atoms with Gasteiger partial charge in [0.25, 0.3) is 0 Å². The van der Waals surface area contributed by atoms with Crippen molar-refractivity contribution in [3.05, 3.63) is 29.0 Å². The number of aromatic amines is 1. The van der Waals surface area contributed by atoms with Gasteiger partial charge in [-0.3, -0.25) is 10.1 Å². The van der Waals surface area contributed by atoms with Crippen LogP contribution in [-0.4, -0.2) is 21.0 Å². The number of imidazole rings is 1. The average molecular weight is 286 g/mol. The Bertz CT molecular complexity index is 673. The molecule has 2 aliphatic rings. The van der Waals surface area contributed by atoms with E-state index in [1.54, 1.807) is 6.33 Å². The molecule has 2 aliphatic carbocycles. The zero-order valence-electron chi connectivity index (χ0n) is 11.8. The SMILES string of the molecule is O=C(Nc1onc2c1CCCC2)[C@H]1CCc2nc[nH]c2C1. The molecule has 0 fully saturated rings. The average Bonchev–Trinajstić information content (AvgIpc) is 3.13. The van der Waals surface area contributed by atoms with Crippen LogP contribution in [0.2, 0.25) is 0 Å². The van der Waals surface area contributed by atoms with E-state index in [9.17, 15) is 4.79 Å². The third-order valence-electron chi connectivity index (χ3n) is 4.56. The molecule has 4 rings (SSSR count). The molecule has 0 unspecified atom stereocenters. The van der Waals surface area contributed by atoms with E-state index in [-0.39, 0.29) is 11.8 Å². The molecular formula is C15H18N4O2. The molecule has 2 N–H and O–H groups in total. The van der Waals surface area contributed by atoms with Crippen LogP contribution in [0.5, 0.6) is 0 Å². The maximum atomic E-state index is 12.4. The van der Waals surface area contributed by atoms with Crippen LogP contribution in [0.1, 0.15) is 41.9 Å². The van der Waals surface area contributed by atoms with E-state index >= 15 is 0 Å². The lowest BCUT2D eigenvalue weighted by Crippen LogP contribution is -2.28. The summed E-state index contributed by atoms with van der Waals surface area (Å²) in [5.41, 5.74) is 4.28. The first kappa shape index (κ1) is 12.6. The van der Waals surface area contributed by atoms with Gasteiger partial charge in [0.2, 0.25) is 11.8 Å². The minimum Gasteiger partial charge on any atom is -0.348 e. The number of nitrogens with one attached hydrogen (secondary N) is 2. The van der Waals surface area contributed by atoms with Gasteiger partial charge < -0.3 is 9.51 Å². The van der Waals surface area contributed by atoms with Gasteiger partial charge in [0.15, 0.2) is 0 Å². The van der Waals surface area contributed by atoms with Gasteiger partial charge in [0, 0.05) is 23.6 Å². The van der Waals surface area contributed by atoms with Gasteiger partial charge in [-0.1, -0.05) is 5.16 Å². The van der Waals surface area contributed by atoms with Crippen molar-refractivity contribution in [1.29, 1.82) is 0 Å². The number of H-pyrrole nitrogens is 1. The molecule has 2 aromatic heterocycles. The number of anilines is 1. The van der Waals surface area contributed by atoms with Gasteiger partial charge in [-0.15, -0.1) is 0 Å². The molecule has 2 heterocycles. The molecule has 0 bridgehead atoms. The number of aromatic nitrogens is 3. The van der Waals surface area contributed by atoms with Crippen LogP contribution in [0.15, 0.2) is 10.9 Å². The van der Waals surface area contributed by atoms with Gasteiger partial charge in [-0.25, -0.2) is 4.98 Å². The highest BCUT2D eigenvalue weighted by Crippen LogP contribution is 2.29. The number of amides is 1. The Balaban J connectivity index is 1.48. The van der Waals surface area contributed by atoms with Gasteiger partial charge in [0.1, 0.15) is 0 Å². The molecule has 6 nitrogen and oxygen atoms in total. The first-order valence-corrected chi connectivity index (χ1v) is 7.60. The summed E-state index contributed by atoms with van der Waals surface area (Å²) < 4.78 is 5.33. The summed E-state index contributed by atoms with van der Waals surface area (Å²) in [5, 5.41) is 7.02.